The number of allylic oxidation sites excluding steroid dienone is 1. The number of hydrogen-bond acceptors (Lipinski definition) is 7. The molecule has 1 aromatic heterocycles. The molecule has 1 aliphatic heterocycles. The number of aromatic nitrogens is 1. The van der Waals surface area contributed by atoms with E-state index >= 15 is 4.39 Å². The summed E-state index contributed by atoms with van der Waals surface area (Å²) in [4.78, 5) is 32.1. The zero-order valence-corrected chi connectivity index (χ0v) is 24.5. The molecular formula is C33H36FN3O5. The lowest BCUT2D eigenvalue weighted by atomic mass is 9.84. The summed E-state index contributed by atoms with van der Waals surface area (Å²) in [6.45, 7) is 13.9. The van der Waals surface area contributed by atoms with Crippen LogP contribution in [0.5, 0.6) is 11.5 Å². The van der Waals surface area contributed by atoms with Crippen molar-refractivity contribution in [2.45, 2.75) is 53.5 Å². The smallest absolute Gasteiger partial charge is 0.298 e. The van der Waals surface area contributed by atoms with Crippen LogP contribution in [0.25, 0.3) is 0 Å². The second-order valence-electron chi connectivity index (χ2n) is 11.2. The Kier molecular flexibility index (Phi) is 8.99. The van der Waals surface area contributed by atoms with Crippen molar-refractivity contribution in [3.05, 3.63) is 101 Å². The first kappa shape index (κ1) is 30.3. The van der Waals surface area contributed by atoms with Crippen LogP contribution in [0.3, 0.4) is 0 Å². The van der Waals surface area contributed by atoms with E-state index in [4.69, 9.17) is 9.47 Å². The molecule has 0 fully saturated rings. The highest BCUT2D eigenvalue weighted by Crippen LogP contribution is 2.48. The highest BCUT2D eigenvalue weighted by Gasteiger charge is 2.41. The molecule has 0 saturated heterocycles. The van der Waals surface area contributed by atoms with E-state index in [1.807, 2.05) is 20.8 Å². The summed E-state index contributed by atoms with van der Waals surface area (Å²) in [7, 11) is 0. The van der Waals surface area contributed by atoms with Gasteiger partial charge >= 0.3 is 0 Å². The number of aromatic hydroxyl groups is 1. The van der Waals surface area contributed by atoms with E-state index in [1.54, 1.807) is 50.2 Å². The van der Waals surface area contributed by atoms with E-state index in [-0.39, 0.29) is 58.4 Å². The molecule has 220 valence electrons. The molecule has 4 rings (SSSR count). The number of hydrogen-bond donors (Lipinski definition) is 2. The van der Waals surface area contributed by atoms with Gasteiger partial charge in [-0.15, -0.1) is 0 Å². The molecule has 0 bridgehead atoms. The Morgan fingerprint density at radius 1 is 1.21 bits per heavy atom. The molecule has 2 aromatic carbocycles. The van der Waals surface area contributed by atoms with Gasteiger partial charge in [0.15, 0.2) is 5.76 Å². The SMILES string of the molecule is C=C(C)COc1ccc(C2C(OC=O)=C(CC(C)(C)CC)Nc3c(O)cccc3N2C(=O)c2cccc(C)n2)c(F)c1. The van der Waals surface area contributed by atoms with Crippen molar-refractivity contribution in [1.82, 2.24) is 4.98 Å². The lowest BCUT2D eigenvalue weighted by Crippen LogP contribution is -2.37. The number of pyridine rings is 1. The normalized spacial score (nSPS) is 14.9. The fourth-order valence-corrected chi connectivity index (χ4v) is 4.73. The number of rotatable bonds is 10. The number of phenols is 1. The second kappa shape index (κ2) is 12.5. The highest BCUT2D eigenvalue weighted by atomic mass is 19.1. The van der Waals surface area contributed by atoms with E-state index in [2.05, 4.69) is 16.9 Å². The van der Waals surface area contributed by atoms with Crippen LogP contribution in [0.2, 0.25) is 0 Å². The molecule has 8 nitrogen and oxygen atoms in total. The molecule has 0 aliphatic carbocycles. The summed E-state index contributed by atoms with van der Waals surface area (Å²) >= 11 is 0. The Morgan fingerprint density at radius 3 is 2.60 bits per heavy atom. The first-order valence-electron chi connectivity index (χ1n) is 13.7. The molecule has 0 saturated carbocycles. The lowest BCUT2D eigenvalue weighted by Gasteiger charge is -2.33. The molecule has 2 heterocycles. The zero-order valence-electron chi connectivity index (χ0n) is 24.5. The van der Waals surface area contributed by atoms with Gasteiger partial charge in [-0.1, -0.05) is 45.9 Å². The Labute approximate surface area is 245 Å². The minimum Gasteiger partial charge on any atom is -0.506 e. The number of aryl methyl sites for hydroxylation is 1. The minimum atomic E-state index is -1.25. The largest absolute Gasteiger partial charge is 0.506 e. The Bertz CT molecular complexity index is 1550. The average molecular weight is 574 g/mol. The van der Waals surface area contributed by atoms with Gasteiger partial charge in [-0.05, 0) is 67.7 Å². The first-order valence-corrected chi connectivity index (χ1v) is 13.7. The van der Waals surface area contributed by atoms with Crippen molar-refractivity contribution in [2.75, 3.05) is 16.8 Å². The first-order chi connectivity index (χ1) is 20.0. The van der Waals surface area contributed by atoms with Gasteiger partial charge in [0, 0.05) is 17.3 Å². The number of carbonyl (C=O) groups excluding carboxylic acids is 2. The monoisotopic (exact) mass is 573 g/mol. The molecule has 42 heavy (non-hydrogen) atoms. The molecule has 1 unspecified atom stereocenters. The van der Waals surface area contributed by atoms with Gasteiger partial charge in [0.25, 0.3) is 12.4 Å². The summed E-state index contributed by atoms with van der Waals surface area (Å²) in [5.74, 6) is -1.10. The Morgan fingerprint density at radius 2 is 1.95 bits per heavy atom. The van der Waals surface area contributed by atoms with Gasteiger partial charge in [-0.2, -0.15) is 0 Å². The van der Waals surface area contributed by atoms with Crippen LogP contribution in [0.4, 0.5) is 15.8 Å². The van der Waals surface area contributed by atoms with Crippen LogP contribution in [-0.2, 0) is 9.53 Å². The molecule has 1 amide bonds. The van der Waals surface area contributed by atoms with Gasteiger partial charge in [0.2, 0.25) is 0 Å². The number of ether oxygens (including phenoxy) is 2. The van der Waals surface area contributed by atoms with Crippen LogP contribution < -0.4 is 15.0 Å². The van der Waals surface area contributed by atoms with Crippen LogP contribution in [0.15, 0.2) is 78.2 Å². The van der Waals surface area contributed by atoms with E-state index in [0.717, 1.165) is 12.0 Å². The van der Waals surface area contributed by atoms with Crippen LogP contribution in [0, 0.1) is 18.2 Å². The van der Waals surface area contributed by atoms with Crippen molar-refractivity contribution < 1.29 is 28.6 Å². The van der Waals surface area contributed by atoms with Gasteiger partial charge < -0.3 is 19.9 Å². The van der Waals surface area contributed by atoms with E-state index < -0.39 is 17.8 Å². The number of benzene rings is 2. The molecule has 1 aliphatic rings. The van der Waals surface area contributed by atoms with Crippen LogP contribution in [0.1, 0.15) is 68.3 Å². The summed E-state index contributed by atoms with van der Waals surface area (Å²) in [6.07, 6.45) is 1.13. The van der Waals surface area contributed by atoms with E-state index in [1.165, 1.54) is 23.1 Å². The van der Waals surface area contributed by atoms with Crippen molar-refractivity contribution in [1.29, 1.82) is 0 Å². The maximum absolute atomic E-state index is 16.1. The second-order valence-corrected chi connectivity index (χ2v) is 11.2. The number of phenolic OH excluding ortho intramolecular Hbond substituents is 1. The molecule has 0 radical (unpaired) electrons. The number of nitrogens with one attached hydrogen (secondary N) is 1. The Hall–Kier alpha value is -4.66. The molecular weight excluding hydrogens is 537 g/mol. The number of amides is 1. The van der Waals surface area contributed by atoms with Crippen LogP contribution in [-0.4, -0.2) is 29.1 Å². The predicted octanol–water partition coefficient (Wildman–Crippen LogP) is 7.21. The number of carbonyl (C=O) groups is 2. The fourth-order valence-electron chi connectivity index (χ4n) is 4.73. The average Bonchev–Trinajstić information content (AvgIpc) is 3.07. The van der Waals surface area contributed by atoms with E-state index in [0.29, 0.717) is 17.8 Å². The number of nitrogens with zero attached hydrogens (tertiary/aromatic N) is 2. The van der Waals surface area contributed by atoms with Crippen molar-refractivity contribution in [3.63, 3.8) is 0 Å². The number of halogens is 1. The van der Waals surface area contributed by atoms with Gasteiger partial charge in [-0.3, -0.25) is 14.5 Å². The van der Waals surface area contributed by atoms with Crippen molar-refractivity contribution >= 4 is 23.8 Å². The van der Waals surface area contributed by atoms with E-state index in [9.17, 15) is 14.7 Å². The zero-order chi connectivity index (χ0) is 30.6. The lowest BCUT2D eigenvalue weighted by molar-refractivity contribution is -0.125. The number of anilines is 2. The standard InChI is InChI=1S/C33H36FN3O5/c1-7-33(5,6)17-26-31(42-19-38)30(23-15-14-22(16-24(23)34)41-18-20(2)3)37(27-12-9-13-28(39)29(27)36-26)32(40)25-11-8-10-21(4)35-25/h8-16,19,30,36,39H,2,7,17-18H2,1,3-6H3. The van der Waals surface area contributed by atoms with Crippen molar-refractivity contribution in [3.8, 4) is 11.5 Å². The number of para-hydroxylation sites is 1. The summed E-state index contributed by atoms with van der Waals surface area (Å²) in [5, 5.41) is 14.2. The Balaban J connectivity index is 2.04. The summed E-state index contributed by atoms with van der Waals surface area (Å²) in [5.41, 5.74) is 2.14. The van der Waals surface area contributed by atoms with Gasteiger partial charge in [-0.25, -0.2) is 9.37 Å². The third-order valence-corrected chi connectivity index (χ3v) is 7.23. The number of fused-ring (bicyclic) bond motifs is 1. The minimum absolute atomic E-state index is 0.0256. The maximum atomic E-state index is 16.1. The fraction of sp³-hybridized carbons (Fsp3) is 0.303. The summed E-state index contributed by atoms with van der Waals surface area (Å²) in [6, 6.07) is 12.8. The topological polar surface area (TPSA) is 101 Å². The third-order valence-electron chi connectivity index (χ3n) is 7.23. The molecule has 3 aromatic rings. The molecule has 0 spiro atoms. The summed E-state index contributed by atoms with van der Waals surface area (Å²) < 4.78 is 27.4. The maximum Gasteiger partial charge on any atom is 0.298 e. The quantitative estimate of drug-likeness (QED) is 0.150. The van der Waals surface area contributed by atoms with Crippen molar-refractivity contribution in [2.24, 2.45) is 5.41 Å². The molecule has 2 N–H and O–H groups in total. The predicted molar refractivity (Wildman–Crippen MR) is 160 cm³/mol. The molecule has 9 heteroatoms. The third kappa shape index (κ3) is 6.46. The molecule has 1 atom stereocenters. The highest BCUT2D eigenvalue weighted by molar-refractivity contribution is 6.08. The van der Waals surface area contributed by atoms with Crippen LogP contribution >= 0.6 is 0 Å². The van der Waals surface area contributed by atoms with Gasteiger partial charge in [0.05, 0.1) is 11.4 Å². The van der Waals surface area contributed by atoms with Gasteiger partial charge in [0.1, 0.15) is 41.3 Å².